The van der Waals surface area contributed by atoms with Crippen LogP contribution in [0, 0.1) is 0 Å². The fraction of sp³-hybridized carbons (Fsp3) is 0.615. The number of carbonyl (C=O) groups excluding carboxylic acids is 1. The van der Waals surface area contributed by atoms with Crippen molar-refractivity contribution in [2.24, 2.45) is 0 Å². The number of nitrogens with one attached hydrogen (secondary N) is 1. The van der Waals surface area contributed by atoms with Gasteiger partial charge in [0.25, 0.3) is 0 Å². The van der Waals surface area contributed by atoms with Gasteiger partial charge in [0, 0.05) is 36.3 Å². The highest BCUT2D eigenvalue weighted by Gasteiger charge is 2.22. The average molecular weight is 268 g/mol. The third-order valence-electron chi connectivity index (χ3n) is 3.05. The number of methoxy groups -OCH3 is 1. The molecule has 1 N–H and O–H groups in total. The minimum atomic E-state index is -0.308. The summed E-state index contributed by atoms with van der Waals surface area (Å²) in [4.78, 5) is 16.8. The van der Waals surface area contributed by atoms with Gasteiger partial charge in [-0.25, -0.2) is 4.79 Å². The lowest BCUT2D eigenvalue weighted by Gasteiger charge is -2.34. The molecule has 0 aromatic carbocycles. The van der Waals surface area contributed by atoms with Crippen LogP contribution < -0.4 is 0 Å². The minimum Gasteiger partial charge on any atom is -0.464 e. The van der Waals surface area contributed by atoms with E-state index in [0.717, 1.165) is 25.2 Å². The van der Waals surface area contributed by atoms with Gasteiger partial charge in [-0.1, -0.05) is 13.8 Å². The molecule has 1 aliphatic rings. The molecule has 100 valence electrons. The Morgan fingerprint density at radius 2 is 2.17 bits per heavy atom. The molecule has 0 radical (unpaired) electrons. The first-order chi connectivity index (χ1) is 8.58. The predicted molar refractivity (Wildman–Crippen MR) is 73.9 cm³/mol. The van der Waals surface area contributed by atoms with Crippen LogP contribution in [0.3, 0.4) is 0 Å². The van der Waals surface area contributed by atoms with Crippen molar-refractivity contribution in [2.75, 3.05) is 20.2 Å². The molecule has 0 amide bonds. The number of rotatable bonds is 3. The van der Waals surface area contributed by atoms with Crippen molar-refractivity contribution in [3.8, 4) is 0 Å². The summed E-state index contributed by atoms with van der Waals surface area (Å²) in [6, 6.07) is 1.88. The van der Waals surface area contributed by atoms with Gasteiger partial charge in [0.2, 0.25) is 0 Å². The number of aromatic amines is 1. The summed E-state index contributed by atoms with van der Waals surface area (Å²) in [5, 5.41) is 1.35. The van der Waals surface area contributed by atoms with Gasteiger partial charge in [-0.3, -0.25) is 4.90 Å². The Hall–Kier alpha value is -0.940. The second-order valence-electron chi connectivity index (χ2n) is 4.86. The molecule has 2 unspecified atom stereocenters. The molecule has 5 heteroatoms. The standard InChI is InChI=1S/C13H20N2O2S/c1-9-6-15(7-10(2)18-9)8-11-4-12(14-5-11)13(16)17-3/h4-5,9-10,14H,6-8H2,1-3H3. The van der Waals surface area contributed by atoms with Crippen molar-refractivity contribution in [1.82, 2.24) is 9.88 Å². The van der Waals surface area contributed by atoms with Gasteiger partial charge >= 0.3 is 5.97 Å². The molecular weight excluding hydrogens is 248 g/mol. The molecule has 1 aromatic rings. The number of nitrogens with zero attached hydrogens (tertiary/aromatic N) is 1. The van der Waals surface area contributed by atoms with Gasteiger partial charge in [-0.2, -0.15) is 11.8 Å². The number of hydrogen-bond acceptors (Lipinski definition) is 4. The third-order valence-corrected chi connectivity index (χ3v) is 4.28. The zero-order valence-corrected chi connectivity index (χ0v) is 11.9. The normalized spacial score (nSPS) is 25.1. The monoisotopic (exact) mass is 268 g/mol. The van der Waals surface area contributed by atoms with Crippen molar-refractivity contribution in [3.63, 3.8) is 0 Å². The van der Waals surface area contributed by atoms with E-state index in [1.807, 2.05) is 24.0 Å². The first-order valence-corrected chi connectivity index (χ1v) is 7.16. The quantitative estimate of drug-likeness (QED) is 0.853. The Labute approximate surface area is 112 Å². The second kappa shape index (κ2) is 5.80. The fourth-order valence-corrected chi connectivity index (χ4v) is 3.82. The van der Waals surface area contributed by atoms with Gasteiger partial charge < -0.3 is 9.72 Å². The summed E-state index contributed by atoms with van der Waals surface area (Å²) in [5.41, 5.74) is 1.67. The summed E-state index contributed by atoms with van der Waals surface area (Å²) in [5.74, 6) is -0.308. The predicted octanol–water partition coefficient (Wildman–Crippen LogP) is 2.13. The molecule has 2 heterocycles. The third kappa shape index (κ3) is 3.29. The molecule has 2 rings (SSSR count). The van der Waals surface area contributed by atoms with E-state index in [4.69, 9.17) is 0 Å². The van der Waals surface area contributed by atoms with E-state index in [-0.39, 0.29) is 5.97 Å². The zero-order valence-electron chi connectivity index (χ0n) is 11.1. The van der Waals surface area contributed by atoms with E-state index in [1.54, 1.807) is 0 Å². The Bertz CT molecular complexity index is 409. The first-order valence-electron chi connectivity index (χ1n) is 6.22. The van der Waals surface area contributed by atoms with Crippen LogP contribution in [-0.2, 0) is 11.3 Å². The van der Waals surface area contributed by atoms with Crippen LogP contribution in [0.15, 0.2) is 12.3 Å². The van der Waals surface area contributed by atoms with E-state index >= 15 is 0 Å². The Kier molecular flexibility index (Phi) is 4.35. The maximum absolute atomic E-state index is 11.4. The van der Waals surface area contributed by atoms with Gasteiger partial charge in [0.1, 0.15) is 5.69 Å². The minimum absolute atomic E-state index is 0.308. The number of hydrogen-bond donors (Lipinski definition) is 1. The number of aromatic nitrogens is 1. The molecule has 18 heavy (non-hydrogen) atoms. The highest BCUT2D eigenvalue weighted by molar-refractivity contribution is 8.00. The lowest BCUT2D eigenvalue weighted by molar-refractivity contribution is 0.0595. The Morgan fingerprint density at radius 1 is 1.50 bits per heavy atom. The molecular formula is C13H20N2O2S. The van der Waals surface area contributed by atoms with Crippen LogP contribution in [0.4, 0.5) is 0 Å². The molecule has 1 saturated heterocycles. The van der Waals surface area contributed by atoms with E-state index in [1.165, 1.54) is 7.11 Å². The Balaban J connectivity index is 1.96. The van der Waals surface area contributed by atoms with E-state index in [2.05, 4.69) is 28.5 Å². The molecule has 0 spiro atoms. The topological polar surface area (TPSA) is 45.3 Å². The summed E-state index contributed by atoms with van der Waals surface area (Å²) in [7, 11) is 1.40. The van der Waals surface area contributed by atoms with E-state index in [9.17, 15) is 4.79 Å². The molecule has 4 nitrogen and oxygen atoms in total. The largest absolute Gasteiger partial charge is 0.464 e. The van der Waals surface area contributed by atoms with Crippen LogP contribution in [0.25, 0.3) is 0 Å². The lowest BCUT2D eigenvalue weighted by Crippen LogP contribution is -2.39. The van der Waals surface area contributed by atoms with Crippen LogP contribution in [0.2, 0.25) is 0 Å². The molecule has 0 bridgehead atoms. The molecule has 1 aliphatic heterocycles. The average Bonchev–Trinajstić information content (AvgIpc) is 2.75. The van der Waals surface area contributed by atoms with E-state index in [0.29, 0.717) is 16.2 Å². The van der Waals surface area contributed by atoms with Gasteiger partial charge in [-0.05, 0) is 11.6 Å². The number of esters is 1. The molecule has 0 saturated carbocycles. The maximum atomic E-state index is 11.4. The van der Waals surface area contributed by atoms with Crippen molar-refractivity contribution in [3.05, 3.63) is 23.5 Å². The zero-order chi connectivity index (χ0) is 13.1. The molecule has 0 aliphatic carbocycles. The number of carbonyl (C=O) groups is 1. The first kappa shape index (κ1) is 13.5. The second-order valence-corrected chi connectivity index (χ2v) is 6.75. The molecule has 1 aromatic heterocycles. The maximum Gasteiger partial charge on any atom is 0.354 e. The van der Waals surface area contributed by atoms with Crippen molar-refractivity contribution < 1.29 is 9.53 Å². The smallest absolute Gasteiger partial charge is 0.354 e. The lowest BCUT2D eigenvalue weighted by atomic mass is 10.2. The van der Waals surface area contributed by atoms with Gasteiger partial charge in [-0.15, -0.1) is 0 Å². The molecule has 2 atom stereocenters. The van der Waals surface area contributed by atoms with Crippen LogP contribution in [-0.4, -0.2) is 46.6 Å². The van der Waals surface area contributed by atoms with Gasteiger partial charge in [0.15, 0.2) is 0 Å². The summed E-state index contributed by atoms with van der Waals surface area (Å²) in [6.45, 7) is 7.64. The van der Waals surface area contributed by atoms with E-state index < -0.39 is 0 Å². The molecule has 1 fully saturated rings. The van der Waals surface area contributed by atoms with Crippen molar-refractivity contribution in [1.29, 1.82) is 0 Å². The van der Waals surface area contributed by atoms with Gasteiger partial charge in [0.05, 0.1) is 7.11 Å². The summed E-state index contributed by atoms with van der Waals surface area (Å²) < 4.78 is 4.69. The summed E-state index contributed by atoms with van der Waals surface area (Å²) >= 11 is 2.05. The fourth-order valence-electron chi connectivity index (χ4n) is 2.43. The van der Waals surface area contributed by atoms with Crippen LogP contribution >= 0.6 is 11.8 Å². The highest BCUT2D eigenvalue weighted by Crippen LogP contribution is 2.25. The highest BCUT2D eigenvalue weighted by atomic mass is 32.2. The number of H-pyrrole nitrogens is 1. The number of thioether (sulfide) groups is 1. The van der Waals surface area contributed by atoms with Crippen molar-refractivity contribution in [2.45, 2.75) is 30.9 Å². The number of ether oxygens (including phenoxy) is 1. The SMILES string of the molecule is COC(=O)c1cc(CN2CC(C)SC(C)C2)c[nH]1. The van der Waals surface area contributed by atoms with Crippen molar-refractivity contribution >= 4 is 17.7 Å². The van der Waals surface area contributed by atoms with Crippen LogP contribution in [0.5, 0.6) is 0 Å². The summed E-state index contributed by atoms with van der Waals surface area (Å²) in [6.07, 6.45) is 1.89. The van der Waals surface area contributed by atoms with Crippen LogP contribution in [0.1, 0.15) is 29.9 Å². The Morgan fingerprint density at radius 3 is 2.78 bits per heavy atom.